The lowest BCUT2D eigenvalue weighted by atomic mass is 10.2. The maximum atomic E-state index is 8.93. The maximum absolute atomic E-state index is 8.93. The monoisotopic (exact) mass is 294 g/mol. The van der Waals surface area contributed by atoms with Crippen molar-refractivity contribution in [2.24, 2.45) is 0 Å². The Bertz CT molecular complexity index is 828. The highest BCUT2D eigenvalue weighted by molar-refractivity contribution is 6.31. The molecule has 2 aromatic carbocycles. The van der Waals surface area contributed by atoms with E-state index in [1.54, 1.807) is 18.3 Å². The molecule has 0 unspecified atom stereocenters. The molecule has 21 heavy (non-hydrogen) atoms. The molecule has 0 bridgehead atoms. The summed E-state index contributed by atoms with van der Waals surface area (Å²) < 4.78 is 1.92. The van der Waals surface area contributed by atoms with E-state index in [-0.39, 0.29) is 0 Å². The molecule has 4 nitrogen and oxygen atoms in total. The van der Waals surface area contributed by atoms with Crippen molar-refractivity contribution in [3.8, 4) is 23.1 Å². The van der Waals surface area contributed by atoms with Gasteiger partial charge in [-0.1, -0.05) is 11.6 Å². The number of nitrogens with zero attached hydrogens (tertiary/aromatic N) is 3. The number of hydrogen-bond donors (Lipinski definition) is 1. The van der Waals surface area contributed by atoms with Crippen molar-refractivity contribution >= 4 is 17.3 Å². The first-order chi connectivity index (χ1) is 10.2. The summed E-state index contributed by atoms with van der Waals surface area (Å²) >= 11 is 6.09. The summed E-state index contributed by atoms with van der Waals surface area (Å²) in [5.41, 5.74) is 8.67. The lowest BCUT2D eigenvalue weighted by molar-refractivity contribution is 1.07. The van der Waals surface area contributed by atoms with Crippen molar-refractivity contribution in [3.05, 3.63) is 65.4 Å². The van der Waals surface area contributed by atoms with Crippen molar-refractivity contribution < 1.29 is 0 Å². The van der Waals surface area contributed by atoms with Crippen molar-refractivity contribution in [2.45, 2.75) is 0 Å². The van der Waals surface area contributed by atoms with Crippen molar-refractivity contribution in [3.63, 3.8) is 0 Å². The van der Waals surface area contributed by atoms with Crippen LogP contribution in [-0.4, -0.2) is 9.55 Å². The third kappa shape index (κ3) is 2.47. The molecule has 0 spiro atoms. The quantitative estimate of drug-likeness (QED) is 0.734. The largest absolute Gasteiger partial charge is 0.399 e. The lowest BCUT2D eigenvalue weighted by Crippen LogP contribution is -1.97. The van der Waals surface area contributed by atoms with Crippen molar-refractivity contribution in [1.82, 2.24) is 9.55 Å². The van der Waals surface area contributed by atoms with E-state index >= 15 is 0 Å². The predicted molar refractivity (Wildman–Crippen MR) is 83.1 cm³/mol. The number of imidazole rings is 1. The molecular weight excluding hydrogens is 284 g/mol. The van der Waals surface area contributed by atoms with Gasteiger partial charge in [0.15, 0.2) is 0 Å². The summed E-state index contributed by atoms with van der Waals surface area (Å²) in [6, 6.07) is 14.8. The zero-order valence-corrected chi connectivity index (χ0v) is 11.7. The lowest BCUT2D eigenvalue weighted by Gasteiger charge is -2.09. The first-order valence-electron chi connectivity index (χ1n) is 6.28. The summed E-state index contributed by atoms with van der Waals surface area (Å²) in [6.45, 7) is 0. The Morgan fingerprint density at radius 1 is 1.14 bits per heavy atom. The SMILES string of the molecule is N#Cc1ccc(-n2ccnc2-c2ccc(N)cc2)cc1Cl. The van der Waals surface area contributed by atoms with Crippen LogP contribution in [0.25, 0.3) is 17.1 Å². The Kier molecular flexibility index (Phi) is 3.35. The Balaban J connectivity index is 2.09. The fraction of sp³-hybridized carbons (Fsp3) is 0. The molecule has 0 fully saturated rings. The van der Waals surface area contributed by atoms with Crippen LogP contribution in [0.1, 0.15) is 5.56 Å². The van der Waals surface area contributed by atoms with Crippen molar-refractivity contribution in [2.75, 3.05) is 5.73 Å². The van der Waals surface area contributed by atoms with Gasteiger partial charge in [-0.2, -0.15) is 5.26 Å². The Morgan fingerprint density at radius 2 is 1.90 bits per heavy atom. The molecular formula is C16H11ClN4. The van der Waals surface area contributed by atoms with Gasteiger partial charge in [0.1, 0.15) is 11.9 Å². The predicted octanol–water partition coefficient (Wildman–Crippen LogP) is 3.65. The highest BCUT2D eigenvalue weighted by Gasteiger charge is 2.09. The van der Waals surface area contributed by atoms with E-state index in [0.29, 0.717) is 16.3 Å². The molecule has 1 aromatic heterocycles. The van der Waals surface area contributed by atoms with Crippen molar-refractivity contribution in [1.29, 1.82) is 5.26 Å². The molecule has 3 aromatic rings. The second-order valence-corrected chi connectivity index (χ2v) is 4.93. The van der Waals surface area contributed by atoms with Crippen LogP contribution in [-0.2, 0) is 0 Å². The normalized spacial score (nSPS) is 10.3. The minimum atomic E-state index is 0.423. The Morgan fingerprint density at radius 3 is 2.57 bits per heavy atom. The fourth-order valence-corrected chi connectivity index (χ4v) is 2.32. The second kappa shape index (κ2) is 5.31. The van der Waals surface area contributed by atoms with E-state index in [4.69, 9.17) is 22.6 Å². The number of aromatic nitrogens is 2. The molecule has 1 heterocycles. The highest BCUT2D eigenvalue weighted by Crippen LogP contribution is 2.25. The molecule has 5 heteroatoms. The summed E-state index contributed by atoms with van der Waals surface area (Å²) in [5, 5.41) is 9.36. The average Bonchev–Trinajstić information content (AvgIpc) is 2.97. The van der Waals surface area contributed by atoms with Crippen LogP contribution >= 0.6 is 11.6 Å². The highest BCUT2D eigenvalue weighted by atomic mass is 35.5. The molecule has 0 atom stereocenters. The van der Waals surface area contributed by atoms with Crippen LogP contribution in [0, 0.1) is 11.3 Å². The average molecular weight is 295 g/mol. The number of nitriles is 1. The van der Waals surface area contributed by atoms with Crippen LogP contribution < -0.4 is 5.73 Å². The van der Waals surface area contributed by atoms with Gasteiger partial charge in [-0.05, 0) is 42.5 Å². The van der Waals surface area contributed by atoms with E-state index in [2.05, 4.69) is 4.98 Å². The zero-order valence-electron chi connectivity index (χ0n) is 11.0. The summed E-state index contributed by atoms with van der Waals surface area (Å²) in [6.07, 6.45) is 3.57. The summed E-state index contributed by atoms with van der Waals surface area (Å²) in [7, 11) is 0. The van der Waals surface area contributed by atoms with Gasteiger partial charge >= 0.3 is 0 Å². The molecule has 0 aliphatic rings. The van der Waals surface area contributed by atoms with E-state index in [9.17, 15) is 0 Å². The Labute approximate surface area is 127 Å². The van der Waals surface area contributed by atoms with E-state index in [1.165, 1.54) is 0 Å². The topological polar surface area (TPSA) is 67.6 Å². The Hall–Kier alpha value is -2.77. The van der Waals surface area contributed by atoms with Crippen LogP contribution in [0.3, 0.4) is 0 Å². The number of nitrogen functional groups attached to an aromatic ring is 1. The third-order valence-electron chi connectivity index (χ3n) is 3.16. The number of rotatable bonds is 2. The van der Waals surface area contributed by atoms with E-state index in [1.807, 2.05) is 47.2 Å². The number of benzene rings is 2. The minimum absolute atomic E-state index is 0.423. The fourth-order valence-electron chi connectivity index (χ4n) is 2.10. The van der Waals surface area contributed by atoms with E-state index < -0.39 is 0 Å². The first-order valence-corrected chi connectivity index (χ1v) is 6.66. The van der Waals surface area contributed by atoms with Gasteiger partial charge in [-0.3, -0.25) is 4.57 Å². The van der Waals surface area contributed by atoms with Crippen LogP contribution in [0.4, 0.5) is 5.69 Å². The molecule has 102 valence electrons. The maximum Gasteiger partial charge on any atom is 0.144 e. The minimum Gasteiger partial charge on any atom is -0.399 e. The number of hydrogen-bond acceptors (Lipinski definition) is 3. The number of halogens is 1. The molecule has 0 radical (unpaired) electrons. The number of anilines is 1. The first kappa shape index (κ1) is 13.2. The van der Waals surface area contributed by atoms with Gasteiger partial charge in [-0.15, -0.1) is 0 Å². The smallest absolute Gasteiger partial charge is 0.144 e. The second-order valence-electron chi connectivity index (χ2n) is 4.52. The third-order valence-corrected chi connectivity index (χ3v) is 3.47. The molecule has 2 N–H and O–H groups in total. The molecule has 0 aliphatic heterocycles. The van der Waals surface area contributed by atoms with E-state index in [0.717, 1.165) is 17.1 Å². The molecule has 0 aliphatic carbocycles. The number of nitrogens with two attached hydrogens (primary N) is 1. The molecule has 0 saturated carbocycles. The van der Waals surface area contributed by atoms with Gasteiger partial charge in [0.25, 0.3) is 0 Å². The van der Waals surface area contributed by atoms with Crippen LogP contribution in [0.5, 0.6) is 0 Å². The van der Waals surface area contributed by atoms with Gasteiger partial charge in [-0.25, -0.2) is 4.98 Å². The summed E-state index contributed by atoms with van der Waals surface area (Å²) in [5.74, 6) is 0.788. The van der Waals surface area contributed by atoms with Gasteiger partial charge in [0.2, 0.25) is 0 Å². The van der Waals surface area contributed by atoms with Crippen LogP contribution in [0.2, 0.25) is 5.02 Å². The molecule has 0 saturated heterocycles. The van der Waals surface area contributed by atoms with Gasteiger partial charge < -0.3 is 5.73 Å². The van der Waals surface area contributed by atoms with Gasteiger partial charge in [0, 0.05) is 29.3 Å². The van der Waals surface area contributed by atoms with Gasteiger partial charge in [0.05, 0.1) is 10.6 Å². The zero-order chi connectivity index (χ0) is 14.8. The molecule has 0 amide bonds. The molecule has 3 rings (SSSR count). The summed E-state index contributed by atoms with van der Waals surface area (Å²) in [4.78, 5) is 4.38. The van der Waals surface area contributed by atoms with Crippen LogP contribution in [0.15, 0.2) is 54.9 Å². The standard InChI is InChI=1S/C16H11ClN4/c17-15-9-14(6-3-12(15)10-18)21-8-7-20-16(21)11-1-4-13(19)5-2-11/h1-9H,19H2.